The van der Waals surface area contributed by atoms with E-state index in [4.69, 9.17) is 5.73 Å². The van der Waals surface area contributed by atoms with Gasteiger partial charge in [0.15, 0.2) is 5.65 Å². The molecule has 1 aliphatic carbocycles. The minimum Gasteiger partial charge on any atom is -0.368 e. The highest BCUT2D eigenvalue weighted by Gasteiger charge is 2.33. The standard InChI is InChI=1S/C17H21N5O2/c18-15(23)14-6-3-7-21(14)17(24)11-8-13-16(19-9-11)22(10-20-13)12-4-1-2-5-12/h8-10,12,14H,1-7H2,(H2,18,23)/t14-/m0/s1. The first kappa shape index (κ1) is 15.1. The summed E-state index contributed by atoms with van der Waals surface area (Å²) in [6.45, 7) is 0.557. The molecule has 1 atom stereocenters. The average Bonchev–Trinajstić information content (AvgIpc) is 3.31. The Morgan fingerprint density at radius 2 is 1.92 bits per heavy atom. The van der Waals surface area contributed by atoms with Gasteiger partial charge in [0.05, 0.1) is 11.9 Å². The SMILES string of the molecule is NC(=O)[C@@H]1CCCN1C(=O)c1cnc2c(c1)ncn2C1CCCC1. The third-order valence-corrected chi connectivity index (χ3v) is 5.22. The van der Waals surface area contributed by atoms with Crippen LogP contribution in [-0.4, -0.2) is 43.8 Å². The molecular weight excluding hydrogens is 306 g/mol. The predicted molar refractivity (Wildman–Crippen MR) is 88.3 cm³/mol. The number of fused-ring (bicyclic) bond motifs is 1. The quantitative estimate of drug-likeness (QED) is 0.927. The molecule has 0 bridgehead atoms. The number of rotatable bonds is 3. The van der Waals surface area contributed by atoms with Crippen LogP contribution in [0.15, 0.2) is 18.6 Å². The van der Waals surface area contributed by atoms with Crippen LogP contribution < -0.4 is 5.73 Å². The predicted octanol–water partition coefficient (Wildman–Crippen LogP) is 1.64. The number of carbonyl (C=O) groups is 2. The van der Waals surface area contributed by atoms with Crippen molar-refractivity contribution in [2.24, 2.45) is 5.73 Å². The first-order valence-electron chi connectivity index (χ1n) is 8.58. The number of amides is 2. The maximum Gasteiger partial charge on any atom is 0.256 e. The van der Waals surface area contributed by atoms with Crippen molar-refractivity contribution in [3.8, 4) is 0 Å². The van der Waals surface area contributed by atoms with Crippen LogP contribution in [0.5, 0.6) is 0 Å². The lowest BCUT2D eigenvalue weighted by Gasteiger charge is -2.22. The molecule has 2 aromatic rings. The van der Waals surface area contributed by atoms with Crippen LogP contribution in [0, 0.1) is 0 Å². The Morgan fingerprint density at radius 1 is 1.12 bits per heavy atom. The van der Waals surface area contributed by atoms with E-state index in [0.717, 1.165) is 30.4 Å². The molecule has 4 rings (SSSR count). The van der Waals surface area contributed by atoms with Crippen LogP contribution in [0.3, 0.4) is 0 Å². The van der Waals surface area contributed by atoms with E-state index in [2.05, 4.69) is 14.5 Å². The third-order valence-electron chi connectivity index (χ3n) is 5.22. The zero-order valence-corrected chi connectivity index (χ0v) is 13.5. The highest BCUT2D eigenvalue weighted by atomic mass is 16.2. The summed E-state index contributed by atoms with van der Waals surface area (Å²) in [6.07, 6.45) is 9.63. The lowest BCUT2D eigenvalue weighted by atomic mass is 10.2. The summed E-state index contributed by atoms with van der Waals surface area (Å²) >= 11 is 0. The topological polar surface area (TPSA) is 94.1 Å². The lowest BCUT2D eigenvalue weighted by molar-refractivity contribution is -0.121. The molecule has 7 heteroatoms. The van der Waals surface area contributed by atoms with Gasteiger partial charge in [-0.05, 0) is 31.7 Å². The second-order valence-corrected chi connectivity index (χ2v) is 6.72. The molecule has 0 aromatic carbocycles. The Bertz CT molecular complexity index is 793. The molecule has 7 nitrogen and oxygen atoms in total. The Labute approximate surface area is 139 Å². The number of imidazole rings is 1. The zero-order valence-electron chi connectivity index (χ0n) is 13.5. The minimum atomic E-state index is -0.510. The number of carbonyl (C=O) groups excluding carboxylic acids is 2. The molecule has 1 aliphatic heterocycles. The van der Waals surface area contributed by atoms with Crippen molar-refractivity contribution in [3.05, 3.63) is 24.2 Å². The van der Waals surface area contributed by atoms with E-state index in [9.17, 15) is 9.59 Å². The molecule has 2 N–H and O–H groups in total. The molecule has 0 spiro atoms. The number of primary amides is 1. The highest BCUT2D eigenvalue weighted by Crippen LogP contribution is 2.31. The maximum atomic E-state index is 12.7. The van der Waals surface area contributed by atoms with Crippen LogP contribution in [0.1, 0.15) is 54.9 Å². The van der Waals surface area contributed by atoms with Gasteiger partial charge in [-0.1, -0.05) is 12.8 Å². The number of nitrogens with zero attached hydrogens (tertiary/aromatic N) is 4. The summed E-state index contributed by atoms with van der Waals surface area (Å²) in [5.74, 6) is -0.637. The van der Waals surface area contributed by atoms with E-state index in [0.29, 0.717) is 24.6 Å². The van der Waals surface area contributed by atoms with Gasteiger partial charge in [0, 0.05) is 18.8 Å². The van der Waals surface area contributed by atoms with E-state index in [-0.39, 0.29) is 5.91 Å². The zero-order chi connectivity index (χ0) is 16.7. The van der Waals surface area contributed by atoms with Gasteiger partial charge in [-0.2, -0.15) is 0 Å². The maximum absolute atomic E-state index is 12.7. The molecule has 2 amide bonds. The summed E-state index contributed by atoms with van der Waals surface area (Å²) in [5, 5.41) is 0. The molecule has 24 heavy (non-hydrogen) atoms. The van der Waals surface area contributed by atoms with E-state index in [1.165, 1.54) is 12.8 Å². The minimum absolute atomic E-state index is 0.193. The molecule has 2 aromatic heterocycles. The summed E-state index contributed by atoms with van der Waals surface area (Å²) in [7, 11) is 0. The van der Waals surface area contributed by atoms with E-state index in [1.807, 2.05) is 6.33 Å². The van der Waals surface area contributed by atoms with Gasteiger partial charge in [-0.3, -0.25) is 9.59 Å². The number of likely N-dealkylation sites (tertiary alicyclic amines) is 1. The van der Waals surface area contributed by atoms with Crippen LogP contribution in [0.25, 0.3) is 11.2 Å². The summed E-state index contributed by atoms with van der Waals surface area (Å²) in [5.41, 5.74) is 7.42. The third kappa shape index (κ3) is 2.44. The Hall–Kier alpha value is -2.44. The smallest absolute Gasteiger partial charge is 0.256 e. The van der Waals surface area contributed by atoms with Gasteiger partial charge >= 0.3 is 0 Å². The number of pyridine rings is 1. The monoisotopic (exact) mass is 327 g/mol. The van der Waals surface area contributed by atoms with E-state index < -0.39 is 11.9 Å². The summed E-state index contributed by atoms with van der Waals surface area (Å²) in [4.78, 5) is 34.7. The fourth-order valence-corrected chi connectivity index (χ4v) is 3.96. The first-order chi connectivity index (χ1) is 11.6. The fourth-order valence-electron chi connectivity index (χ4n) is 3.96. The van der Waals surface area contributed by atoms with Gasteiger partial charge in [-0.25, -0.2) is 9.97 Å². The molecule has 1 saturated carbocycles. The van der Waals surface area contributed by atoms with Crippen LogP contribution in [-0.2, 0) is 4.79 Å². The first-order valence-corrected chi connectivity index (χ1v) is 8.58. The normalized spacial score (nSPS) is 21.7. The second-order valence-electron chi connectivity index (χ2n) is 6.72. The van der Waals surface area contributed by atoms with Crippen molar-refractivity contribution in [2.75, 3.05) is 6.54 Å². The molecule has 2 aliphatic rings. The van der Waals surface area contributed by atoms with Gasteiger partial charge in [0.25, 0.3) is 5.91 Å². The number of nitrogens with two attached hydrogens (primary N) is 1. The lowest BCUT2D eigenvalue weighted by Crippen LogP contribution is -2.43. The average molecular weight is 327 g/mol. The molecule has 2 fully saturated rings. The van der Waals surface area contributed by atoms with Crippen LogP contribution >= 0.6 is 0 Å². The van der Waals surface area contributed by atoms with Crippen molar-refractivity contribution in [2.45, 2.75) is 50.6 Å². The van der Waals surface area contributed by atoms with Crippen molar-refractivity contribution in [1.82, 2.24) is 19.4 Å². The largest absolute Gasteiger partial charge is 0.368 e. The molecule has 1 saturated heterocycles. The molecule has 0 unspecified atom stereocenters. The van der Waals surface area contributed by atoms with Gasteiger partial charge in [-0.15, -0.1) is 0 Å². The summed E-state index contributed by atoms with van der Waals surface area (Å²) in [6, 6.07) is 1.72. The van der Waals surface area contributed by atoms with Gasteiger partial charge in [0.1, 0.15) is 11.6 Å². The Morgan fingerprint density at radius 3 is 2.67 bits per heavy atom. The fraction of sp³-hybridized carbons (Fsp3) is 0.529. The highest BCUT2D eigenvalue weighted by molar-refractivity contribution is 5.99. The molecular formula is C17H21N5O2. The van der Waals surface area contributed by atoms with E-state index >= 15 is 0 Å². The van der Waals surface area contributed by atoms with Crippen molar-refractivity contribution in [3.63, 3.8) is 0 Å². The molecule has 126 valence electrons. The van der Waals surface area contributed by atoms with E-state index in [1.54, 1.807) is 17.2 Å². The molecule has 3 heterocycles. The van der Waals surface area contributed by atoms with Gasteiger partial charge in [0.2, 0.25) is 5.91 Å². The Balaban J connectivity index is 1.63. The number of hydrogen-bond donors (Lipinski definition) is 1. The van der Waals surface area contributed by atoms with Crippen molar-refractivity contribution < 1.29 is 9.59 Å². The molecule has 0 radical (unpaired) electrons. The number of aromatic nitrogens is 3. The van der Waals surface area contributed by atoms with Crippen LogP contribution in [0.2, 0.25) is 0 Å². The van der Waals surface area contributed by atoms with Crippen LogP contribution in [0.4, 0.5) is 0 Å². The van der Waals surface area contributed by atoms with Gasteiger partial charge < -0.3 is 15.2 Å². The van der Waals surface area contributed by atoms with Crippen molar-refractivity contribution >= 4 is 23.0 Å². The summed E-state index contributed by atoms with van der Waals surface area (Å²) < 4.78 is 2.12. The van der Waals surface area contributed by atoms with Crippen molar-refractivity contribution in [1.29, 1.82) is 0 Å². The Kier molecular flexibility index (Phi) is 3.70. The second kappa shape index (κ2) is 5.89. The number of hydrogen-bond acceptors (Lipinski definition) is 4.